The minimum Gasteiger partial charge on any atom is -0.334 e. The van der Waals surface area contributed by atoms with E-state index in [1.807, 2.05) is 35.9 Å². The van der Waals surface area contributed by atoms with Gasteiger partial charge in [-0.05, 0) is 61.6 Å². The van der Waals surface area contributed by atoms with Crippen molar-refractivity contribution in [2.45, 2.75) is 32.2 Å². The Hall–Kier alpha value is -1.95. The van der Waals surface area contributed by atoms with Crippen molar-refractivity contribution in [2.75, 3.05) is 5.32 Å². The number of carbonyl (C=O) groups is 1. The molecule has 0 bridgehead atoms. The Labute approximate surface area is 172 Å². The Kier molecular flexibility index (Phi) is 5.43. The molecule has 3 aromatic rings. The van der Waals surface area contributed by atoms with Gasteiger partial charge in [0.25, 0.3) is 0 Å². The van der Waals surface area contributed by atoms with E-state index in [-0.39, 0.29) is 6.03 Å². The number of rotatable bonds is 4. The van der Waals surface area contributed by atoms with E-state index in [2.05, 4.69) is 15.2 Å². The van der Waals surface area contributed by atoms with E-state index in [1.54, 1.807) is 18.2 Å². The summed E-state index contributed by atoms with van der Waals surface area (Å²) in [5.41, 5.74) is 3.11. The van der Waals surface area contributed by atoms with Crippen molar-refractivity contribution < 1.29 is 4.79 Å². The van der Waals surface area contributed by atoms with Crippen LogP contribution in [0.25, 0.3) is 5.00 Å². The van der Waals surface area contributed by atoms with Crippen molar-refractivity contribution in [3.8, 4) is 5.00 Å². The molecule has 2 N–H and O–H groups in total. The zero-order valence-corrected chi connectivity index (χ0v) is 16.9. The van der Waals surface area contributed by atoms with E-state index in [0.717, 1.165) is 12.8 Å². The molecule has 4 nitrogen and oxygen atoms in total. The first-order chi connectivity index (χ1) is 13.1. The van der Waals surface area contributed by atoms with Crippen molar-refractivity contribution in [3.63, 3.8) is 0 Å². The number of urea groups is 1. The van der Waals surface area contributed by atoms with E-state index < -0.39 is 0 Å². The second-order valence-corrected chi connectivity index (χ2v) is 8.44. The van der Waals surface area contributed by atoms with Crippen molar-refractivity contribution in [1.29, 1.82) is 0 Å². The van der Waals surface area contributed by atoms with Crippen molar-refractivity contribution in [1.82, 2.24) is 9.88 Å². The van der Waals surface area contributed by atoms with E-state index in [4.69, 9.17) is 23.2 Å². The summed E-state index contributed by atoms with van der Waals surface area (Å²) < 4.78 is 2.13. The largest absolute Gasteiger partial charge is 0.334 e. The Morgan fingerprint density at radius 3 is 2.74 bits per heavy atom. The van der Waals surface area contributed by atoms with Crippen molar-refractivity contribution in [3.05, 3.63) is 68.8 Å². The van der Waals surface area contributed by atoms with Crippen LogP contribution in [0, 0.1) is 0 Å². The molecule has 2 aromatic heterocycles. The molecule has 0 unspecified atom stereocenters. The molecule has 0 atom stereocenters. The maximum Gasteiger partial charge on any atom is 0.319 e. The first kappa shape index (κ1) is 18.4. The van der Waals surface area contributed by atoms with Gasteiger partial charge in [0.1, 0.15) is 5.00 Å². The molecule has 4 rings (SSSR count). The normalized spacial score (nSPS) is 13.3. The van der Waals surface area contributed by atoms with Gasteiger partial charge in [0.05, 0.1) is 10.7 Å². The molecule has 2 heterocycles. The number of hydrogen-bond acceptors (Lipinski definition) is 2. The molecule has 0 spiro atoms. The van der Waals surface area contributed by atoms with Crippen LogP contribution < -0.4 is 10.6 Å². The van der Waals surface area contributed by atoms with Crippen molar-refractivity contribution >= 4 is 46.3 Å². The quantitative estimate of drug-likeness (QED) is 0.531. The predicted octanol–water partition coefficient (Wildman–Crippen LogP) is 6.05. The number of nitrogens with zero attached hydrogens (tertiary/aromatic N) is 1. The summed E-state index contributed by atoms with van der Waals surface area (Å²) in [6, 6.07) is 8.73. The van der Waals surface area contributed by atoms with E-state index in [9.17, 15) is 4.79 Å². The predicted molar refractivity (Wildman–Crippen MR) is 113 cm³/mol. The van der Waals surface area contributed by atoms with Crippen molar-refractivity contribution in [2.24, 2.45) is 0 Å². The van der Waals surface area contributed by atoms with Crippen LogP contribution in [0.15, 0.2) is 42.7 Å². The van der Waals surface area contributed by atoms with Gasteiger partial charge in [0.2, 0.25) is 0 Å². The Balaban J connectivity index is 1.53. The minimum atomic E-state index is -0.298. The van der Waals surface area contributed by atoms with Crippen LogP contribution in [0.2, 0.25) is 10.0 Å². The lowest BCUT2D eigenvalue weighted by atomic mass is 9.95. The highest BCUT2D eigenvalue weighted by Crippen LogP contribution is 2.37. The summed E-state index contributed by atoms with van der Waals surface area (Å²) in [6.07, 6.45) is 8.73. The van der Waals surface area contributed by atoms with Crippen LogP contribution in [0.5, 0.6) is 0 Å². The molecule has 27 heavy (non-hydrogen) atoms. The van der Waals surface area contributed by atoms with Gasteiger partial charge in [0.15, 0.2) is 0 Å². The lowest BCUT2D eigenvalue weighted by molar-refractivity contribution is 0.251. The van der Waals surface area contributed by atoms with Gasteiger partial charge in [-0.3, -0.25) is 0 Å². The SMILES string of the molecule is O=C(NCc1c(-n2cccc2)sc2c1CCCC2)Nc1cc(Cl)ccc1Cl. The molecule has 1 aliphatic carbocycles. The molecular weight excluding hydrogens is 401 g/mol. The molecule has 2 amide bonds. The highest BCUT2D eigenvalue weighted by Gasteiger charge is 2.21. The summed E-state index contributed by atoms with van der Waals surface area (Å²) >= 11 is 13.9. The number of benzene rings is 1. The minimum absolute atomic E-state index is 0.298. The van der Waals surface area contributed by atoms with Crippen LogP contribution >= 0.6 is 34.5 Å². The molecule has 0 saturated carbocycles. The number of halogens is 2. The topological polar surface area (TPSA) is 46.1 Å². The number of amides is 2. The van der Waals surface area contributed by atoms with E-state index in [1.165, 1.54) is 33.8 Å². The van der Waals surface area contributed by atoms with Gasteiger partial charge in [0, 0.05) is 34.4 Å². The molecule has 0 fully saturated rings. The lowest BCUT2D eigenvalue weighted by Gasteiger charge is -2.14. The van der Waals surface area contributed by atoms with Gasteiger partial charge in [-0.2, -0.15) is 0 Å². The summed E-state index contributed by atoms with van der Waals surface area (Å²) in [6.45, 7) is 0.476. The van der Waals surface area contributed by atoms with Gasteiger partial charge in [-0.1, -0.05) is 23.2 Å². The fourth-order valence-corrected chi connectivity index (χ4v) is 5.12. The van der Waals surface area contributed by atoms with E-state index >= 15 is 0 Å². The summed E-state index contributed by atoms with van der Waals surface area (Å²) in [7, 11) is 0. The monoisotopic (exact) mass is 419 g/mol. The highest BCUT2D eigenvalue weighted by atomic mass is 35.5. The maximum atomic E-state index is 12.4. The second kappa shape index (κ2) is 7.97. The number of aromatic nitrogens is 1. The molecule has 0 aliphatic heterocycles. The standard InChI is InChI=1S/C20H19Cl2N3OS/c21-13-7-8-16(22)17(11-13)24-20(26)23-12-15-14-5-1-2-6-18(14)27-19(15)25-9-3-4-10-25/h3-4,7-11H,1-2,5-6,12H2,(H2,23,24,26). The second-order valence-electron chi connectivity index (χ2n) is 6.52. The number of fused-ring (bicyclic) bond motifs is 1. The van der Waals surface area contributed by atoms with Gasteiger partial charge in [-0.25, -0.2) is 4.79 Å². The Morgan fingerprint density at radius 2 is 1.93 bits per heavy atom. The third-order valence-corrected chi connectivity index (χ3v) is 6.61. The zero-order valence-electron chi connectivity index (χ0n) is 14.6. The first-order valence-corrected chi connectivity index (χ1v) is 10.5. The Bertz CT molecular complexity index is 966. The molecule has 140 valence electrons. The summed E-state index contributed by atoms with van der Waals surface area (Å²) in [5.74, 6) is 0. The van der Waals surface area contributed by atoms with Gasteiger partial charge < -0.3 is 15.2 Å². The van der Waals surface area contributed by atoms with E-state index in [0.29, 0.717) is 22.3 Å². The molecule has 7 heteroatoms. The molecule has 1 aliphatic rings. The van der Waals surface area contributed by atoms with Gasteiger partial charge in [-0.15, -0.1) is 11.3 Å². The van der Waals surface area contributed by atoms with Crippen LogP contribution in [0.3, 0.4) is 0 Å². The number of carbonyl (C=O) groups excluding carboxylic acids is 1. The van der Waals surface area contributed by atoms with Crippen LogP contribution in [-0.4, -0.2) is 10.6 Å². The number of hydrogen-bond donors (Lipinski definition) is 2. The average molecular weight is 420 g/mol. The molecular formula is C20H19Cl2N3OS. The number of aryl methyl sites for hydroxylation is 1. The zero-order chi connectivity index (χ0) is 18.8. The molecule has 1 aromatic carbocycles. The molecule has 0 saturated heterocycles. The first-order valence-electron chi connectivity index (χ1n) is 8.88. The van der Waals surface area contributed by atoms with Crippen LogP contribution in [0.1, 0.15) is 28.8 Å². The third kappa shape index (κ3) is 4.00. The Morgan fingerprint density at radius 1 is 1.15 bits per heavy atom. The molecule has 0 radical (unpaired) electrons. The van der Waals surface area contributed by atoms with Gasteiger partial charge >= 0.3 is 6.03 Å². The number of nitrogens with one attached hydrogen (secondary N) is 2. The van der Waals surface area contributed by atoms with Crippen LogP contribution in [0.4, 0.5) is 10.5 Å². The fraction of sp³-hybridized carbons (Fsp3) is 0.250. The summed E-state index contributed by atoms with van der Waals surface area (Å²) in [4.78, 5) is 13.9. The lowest BCUT2D eigenvalue weighted by Crippen LogP contribution is -2.29. The maximum absolute atomic E-state index is 12.4. The number of thiophene rings is 1. The highest BCUT2D eigenvalue weighted by molar-refractivity contribution is 7.14. The summed E-state index contributed by atoms with van der Waals surface area (Å²) in [5, 5.41) is 7.92. The average Bonchev–Trinajstić information content (AvgIpc) is 3.30. The third-order valence-electron chi connectivity index (χ3n) is 4.70. The smallest absolute Gasteiger partial charge is 0.319 e. The number of anilines is 1. The fourth-order valence-electron chi connectivity index (χ4n) is 3.41. The van der Waals surface area contributed by atoms with Crippen LogP contribution in [-0.2, 0) is 19.4 Å².